The number of fused-ring (bicyclic) bond motifs is 4. The van der Waals surface area contributed by atoms with Gasteiger partial charge in [0.15, 0.2) is 0 Å². The van der Waals surface area contributed by atoms with Gasteiger partial charge in [-0.3, -0.25) is 9.69 Å². The summed E-state index contributed by atoms with van der Waals surface area (Å²) in [5.74, 6) is 0.783. The van der Waals surface area contributed by atoms with Gasteiger partial charge in [-0.2, -0.15) is 14.2 Å². The molecule has 0 radical (unpaired) electrons. The van der Waals surface area contributed by atoms with Crippen molar-refractivity contribution in [3.05, 3.63) is 53.6 Å². The number of benzene rings is 2. The number of rotatable bonds is 3. The summed E-state index contributed by atoms with van der Waals surface area (Å²) in [6.45, 7) is 2.67. The van der Waals surface area contributed by atoms with Crippen LogP contribution in [-0.4, -0.2) is 74.6 Å². The highest BCUT2D eigenvalue weighted by atomic mass is 32.1. The number of aliphatic hydroxyl groups is 1. The van der Waals surface area contributed by atoms with Crippen LogP contribution in [0.2, 0.25) is 0 Å². The number of hydrazine groups is 1. The summed E-state index contributed by atoms with van der Waals surface area (Å²) >= 11 is 4.83. The van der Waals surface area contributed by atoms with Crippen molar-refractivity contribution in [3.63, 3.8) is 0 Å². The fourth-order valence-corrected chi connectivity index (χ4v) is 7.61. The van der Waals surface area contributed by atoms with Gasteiger partial charge in [-0.1, -0.05) is 56.3 Å². The number of Topliss-reactive ketones (excluding diaryl/α,β-unsaturated/α-hetero) is 1. The Labute approximate surface area is 246 Å². The Bertz CT molecular complexity index is 1480. The van der Waals surface area contributed by atoms with Gasteiger partial charge in [-0.25, -0.2) is 5.01 Å². The maximum absolute atomic E-state index is 13.9. The summed E-state index contributed by atoms with van der Waals surface area (Å²) in [6.07, 6.45) is 4.64. The molecular weight excluding hydrogens is 540 g/mol. The first-order valence-electron chi connectivity index (χ1n) is 14.6. The lowest BCUT2D eigenvalue weighted by Crippen LogP contribution is -2.65. The first-order valence-corrected chi connectivity index (χ1v) is 15.0. The summed E-state index contributed by atoms with van der Waals surface area (Å²) in [7, 11) is 3.78. The van der Waals surface area contributed by atoms with Crippen LogP contribution in [0, 0.1) is 0 Å². The van der Waals surface area contributed by atoms with Gasteiger partial charge in [0, 0.05) is 30.1 Å². The zero-order valence-corrected chi connectivity index (χ0v) is 24.7. The molecule has 9 nitrogen and oxygen atoms in total. The molecule has 2 aromatic carbocycles. The first-order chi connectivity index (χ1) is 19.8. The second kappa shape index (κ2) is 10.4. The smallest absolute Gasteiger partial charge is 0.283 e. The van der Waals surface area contributed by atoms with Crippen molar-refractivity contribution < 1.29 is 24.4 Å². The predicted molar refractivity (Wildman–Crippen MR) is 158 cm³/mol. The zero-order valence-electron chi connectivity index (χ0n) is 23.8. The van der Waals surface area contributed by atoms with E-state index >= 15 is 0 Å². The van der Waals surface area contributed by atoms with E-state index in [-0.39, 0.29) is 25.1 Å². The number of hydrogen-bond acceptors (Lipinski definition) is 9. The molecule has 1 saturated heterocycles. The van der Waals surface area contributed by atoms with Crippen LogP contribution in [-0.2, 0) is 27.7 Å². The van der Waals surface area contributed by atoms with Crippen molar-refractivity contribution in [2.24, 2.45) is 0 Å². The zero-order chi connectivity index (χ0) is 28.5. The van der Waals surface area contributed by atoms with Crippen LogP contribution in [0.1, 0.15) is 56.1 Å². The Morgan fingerprint density at radius 2 is 1.83 bits per heavy atom. The van der Waals surface area contributed by atoms with Crippen molar-refractivity contribution in [3.8, 4) is 17.0 Å². The number of likely N-dealkylation sites (N-methyl/N-ethyl adjacent to an activating group) is 1. The van der Waals surface area contributed by atoms with Gasteiger partial charge in [0.25, 0.3) is 6.29 Å². The second-order valence-electron chi connectivity index (χ2n) is 12.2. The quantitative estimate of drug-likeness (QED) is 0.267. The lowest BCUT2D eigenvalue weighted by Gasteiger charge is -2.46. The van der Waals surface area contributed by atoms with E-state index in [9.17, 15) is 9.90 Å². The number of nitrogens with zero attached hydrogens (tertiary/aromatic N) is 4. The Balaban J connectivity index is 1.53. The number of thiol groups is 1. The van der Waals surface area contributed by atoms with E-state index in [0.717, 1.165) is 35.2 Å². The molecule has 218 valence electrons. The average Bonchev–Trinajstić information content (AvgIpc) is 3.79. The number of carbonyl (C=O) groups excluding carboxylic acids is 1. The number of ketones is 1. The number of hydrogen-bond donors (Lipinski definition) is 2. The largest absolute Gasteiger partial charge is 0.490 e. The van der Waals surface area contributed by atoms with Crippen LogP contribution in [0.15, 0.2) is 42.5 Å². The molecule has 4 heterocycles. The molecule has 1 saturated carbocycles. The summed E-state index contributed by atoms with van der Waals surface area (Å²) in [4.78, 5) is 25.7. The average molecular weight is 579 g/mol. The lowest BCUT2D eigenvalue weighted by molar-refractivity contribution is -0.153. The molecule has 0 amide bonds. The fraction of sp³-hybridized carbons (Fsp3) is 0.516. The maximum Gasteiger partial charge on any atom is 0.283 e. The molecule has 3 unspecified atom stereocenters. The van der Waals surface area contributed by atoms with Gasteiger partial charge < -0.3 is 14.4 Å². The van der Waals surface area contributed by atoms with Gasteiger partial charge in [0.1, 0.15) is 24.0 Å². The molecule has 1 aliphatic carbocycles. The number of ether oxygens (including phenoxy) is 1. The molecule has 4 bridgehead atoms. The third-order valence-electron chi connectivity index (χ3n) is 9.66. The highest BCUT2D eigenvalue weighted by Gasteiger charge is 2.54. The van der Waals surface area contributed by atoms with E-state index in [1.165, 1.54) is 30.2 Å². The van der Waals surface area contributed by atoms with Crippen molar-refractivity contribution >= 4 is 29.5 Å². The Morgan fingerprint density at radius 1 is 1.07 bits per heavy atom. The minimum absolute atomic E-state index is 0.0733. The lowest BCUT2D eigenvalue weighted by atomic mass is 9.81. The topological polar surface area (TPSA) is 86.2 Å². The van der Waals surface area contributed by atoms with Gasteiger partial charge in [-0.15, -0.1) is 0 Å². The standard InChI is InChI=1S/C31H38N4O5S/c1-19-32(2)29(28(36)30-39-40-30)31(37)17-34-24-15-20(16-35(41)33(19)3)13-14-22(24)26(21-9-5-4-6-10-21)27(34)23-11-7-8-12-25(23)38-18-31/h7-8,11-15,19,21,29-30,37,41H,4-6,9-10,16-18H2,1-3H3. The molecule has 0 spiro atoms. The monoisotopic (exact) mass is 578 g/mol. The van der Waals surface area contributed by atoms with Crippen molar-refractivity contribution in [2.45, 2.75) is 82.1 Å². The molecular formula is C31H38N4O5S. The molecule has 3 aromatic rings. The van der Waals surface area contributed by atoms with E-state index in [1.807, 2.05) is 53.5 Å². The number of carbonyl (C=O) groups is 1. The van der Waals surface area contributed by atoms with Crippen LogP contribution >= 0.6 is 12.8 Å². The molecule has 41 heavy (non-hydrogen) atoms. The molecule has 1 aromatic heterocycles. The third-order valence-corrected chi connectivity index (χ3v) is 10.1. The van der Waals surface area contributed by atoms with E-state index in [0.29, 0.717) is 18.2 Å². The van der Waals surface area contributed by atoms with Crippen molar-refractivity contribution in [1.29, 1.82) is 0 Å². The van der Waals surface area contributed by atoms with Crippen LogP contribution in [0.25, 0.3) is 22.2 Å². The van der Waals surface area contributed by atoms with Crippen LogP contribution in [0.3, 0.4) is 0 Å². The highest BCUT2D eigenvalue weighted by Crippen LogP contribution is 2.48. The minimum Gasteiger partial charge on any atom is -0.490 e. The molecule has 10 heteroatoms. The Hall–Kier alpha value is -2.44. The molecule has 1 N–H and O–H groups in total. The molecule has 4 aliphatic rings. The Morgan fingerprint density at radius 3 is 2.59 bits per heavy atom. The fourth-order valence-electron chi connectivity index (χ4n) is 7.30. The van der Waals surface area contributed by atoms with Crippen LogP contribution in [0.5, 0.6) is 5.75 Å². The van der Waals surface area contributed by atoms with Crippen molar-refractivity contribution in [2.75, 3.05) is 20.7 Å². The second-order valence-corrected chi connectivity index (χ2v) is 12.6. The summed E-state index contributed by atoms with van der Waals surface area (Å²) in [6, 6.07) is 13.8. The van der Waals surface area contributed by atoms with Crippen LogP contribution < -0.4 is 4.74 Å². The number of para-hydroxylation sites is 1. The predicted octanol–water partition coefficient (Wildman–Crippen LogP) is 4.49. The van der Waals surface area contributed by atoms with Gasteiger partial charge in [-0.05, 0) is 62.1 Å². The third kappa shape index (κ3) is 4.60. The molecule has 3 aliphatic heterocycles. The molecule has 7 rings (SSSR count). The van der Waals surface area contributed by atoms with Gasteiger partial charge in [0.2, 0.25) is 5.78 Å². The highest BCUT2D eigenvalue weighted by molar-refractivity contribution is 7.77. The summed E-state index contributed by atoms with van der Waals surface area (Å²) in [5.41, 5.74) is 3.99. The van der Waals surface area contributed by atoms with Gasteiger partial charge >= 0.3 is 0 Å². The molecule has 3 atom stereocenters. The van der Waals surface area contributed by atoms with E-state index in [2.05, 4.69) is 28.8 Å². The van der Waals surface area contributed by atoms with E-state index in [1.54, 1.807) is 0 Å². The van der Waals surface area contributed by atoms with Crippen molar-refractivity contribution in [1.82, 2.24) is 18.9 Å². The van der Waals surface area contributed by atoms with E-state index < -0.39 is 17.9 Å². The van der Waals surface area contributed by atoms with E-state index in [4.69, 9.17) is 27.3 Å². The van der Waals surface area contributed by atoms with Crippen LogP contribution in [0.4, 0.5) is 0 Å². The normalized spacial score (nSPS) is 28.5. The minimum atomic E-state index is -1.61. The maximum atomic E-state index is 13.9. The summed E-state index contributed by atoms with van der Waals surface area (Å²) in [5, 5.41) is 15.9. The first kappa shape index (κ1) is 27.4. The summed E-state index contributed by atoms with van der Waals surface area (Å²) < 4.78 is 10.6. The van der Waals surface area contributed by atoms with Gasteiger partial charge in [0.05, 0.1) is 18.4 Å². The SMILES string of the molecule is CC1N(C)C(C(=O)C2OO2)C2(O)COc3ccccc3-c3c(C4CCCCC4)c4ccc(cc4n3C2)CN(S)N1C. The molecule has 2 fully saturated rings. The number of aromatic nitrogens is 1. The Kier molecular flexibility index (Phi) is 6.93.